The number of aliphatic imine (C=N–C) groups is 1. The number of hydrogen-bond acceptors (Lipinski definition) is 1. The van der Waals surface area contributed by atoms with Crippen LogP contribution in [0.2, 0.25) is 0 Å². The van der Waals surface area contributed by atoms with E-state index in [1.54, 1.807) is 0 Å². The quantitative estimate of drug-likeness (QED) is 0.367. The predicted octanol–water partition coefficient (Wildman–Crippen LogP) is 1.94. The summed E-state index contributed by atoms with van der Waals surface area (Å²) in [5, 5.41) is 0. The molecule has 0 aromatic carbocycles. The molecule has 0 saturated heterocycles. The van der Waals surface area contributed by atoms with Crippen molar-refractivity contribution in [3.05, 3.63) is 0 Å². The van der Waals surface area contributed by atoms with E-state index in [1.807, 2.05) is 6.92 Å². The summed E-state index contributed by atoms with van der Waals surface area (Å²) in [5.74, 6) is 1.84. The van der Waals surface area contributed by atoms with Crippen molar-refractivity contribution in [1.29, 1.82) is 0 Å². The molecule has 0 atom stereocenters. The second-order valence-electron chi connectivity index (χ2n) is 3.31. The van der Waals surface area contributed by atoms with Gasteiger partial charge >= 0.3 is 0 Å². The van der Waals surface area contributed by atoms with Gasteiger partial charge < -0.3 is 5.73 Å². The van der Waals surface area contributed by atoms with E-state index in [4.69, 9.17) is 5.73 Å². The molecule has 11 heavy (non-hydrogen) atoms. The summed E-state index contributed by atoms with van der Waals surface area (Å²) < 4.78 is 0. The molecule has 1 aliphatic carbocycles. The molecular formula is C9H18N2. The lowest BCUT2D eigenvalue weighted by Crippen LogP contribution is -2.10. The highest BCUT2D eigenvalue weighted by Crippen LogP contribution is 2.33. The normalized spacial score (nSPS) is 18.8. The van der Waals surface area contributed by atoms with Gasteiger partial charge in [-0.3, -0.25) is 4.99 Å². The van der Waals surface area contributed by atoms with Gasteiger partial charge in [0.1, 0.15) is 0 Å². The van der Waals surface area contributed by atoms with Gasteiger partial charge in [0.05, 0.1) is 5.84 Å². The number of nitrogens with zero attached hydrogens (tertiary/aromatic N) is 1. The Morgan fingerprint density at radius 2 is 2.27 bits per heavy atom. The molecule has 1 fully saturated rings. The first-order valence-electron chi connectivity index (χ1n) is 4.61. The largest absolute Gasteiger partial charge is 0.387 e. The fourth-order valence-corrected chi connectivity index (χ4v) is 1.12. The maximum atomic E-state index is 5.56. The van der Waals surface area contributed by atoms with Crippen molar-refractivity contribution in [2.75, 3.05) is 6.54 Å². The number of amidine groups is 1. The molecule has 0 aliphatic heterocycles. The first kappa shape index (κ1) is 8.57. The van der Waals surface area contributed by atoms with Crippen LogP contribution in [0.15, 0.2) is 4.99 Å². The molecule has 1 rings (SSSR count). The predicted molar refractivity (Wildman–Crippen MR) is 48.7 cm³/mol. The molecule has 0 aromatic rings. The number of rotatable bonds is 5. The molecule has 0 radical (unpaired) electrons. The van der Waals surface area contributed by atoms with E-state index >= 15 is 0 Å². The summed E-state index contributed by atoms with van der Waals surface area (Å²) in [7, 11) is 0. The van der Waals surface area contributed by atoms with Crippen LogP contribution in [0.1, 0.15) is 39.0 Å². The Kier molecular flexibility index (Phi) is 3.40. The maximum absolute atomic E-state index is 5.56. The fraction of sp³-hybridized carbons (Fsp3) is 0.889. The minimum absolute atomic E-state index is 0.806. The van der Waals surface area contributed by atoms with E-state index in [1.165, 1.54) is 25.7 Å². The smallest absolute Gasteiger partial charge is 0.0934 e. The molecule has 1 aliphatic rings. The van der Waals surface area contributed by atoms with Crippen molar-refractivity contribution < 1.29 is 0 Å². The van der Waals surface area contributed by atoms with Crippen LogP contribution in [-0.2, 0) is 0 Å². The third kappa shape index (κ3) is 4.02. The summed E-state index contributed by atoms with van der Waals surface area (Å²) in [4.78, 5) is 4.24. The van der Waals surface area contributed by atoms with Crippen molar-refractivity contribution in [2.45, 2.75) is 39.0 Å². The van der Waals surface area contributed by atoms with Gasteiger partial charge in [-0.15, -0.1) is 0 Å². The molecule has 1 saturated carbocycles. The van der Waals surface area contributed by atoms with Gasteiger partial charge in [0.25, 0.3) is 0 Å². The van der Waals surface area contributed by atoms with Gasteiger partial charge in [-0.25, -0.2) is 0 Å². The highest BCUT2D eigenvalue weighted by atomic mass is 14.8. The Bertz CT molecular complexity index is 136. The second-order valence-corrected chi connectivity index (χ2v) is 3.31. The Morgan fingerprint density at radius 3 is 2.82 bits per heavy atom. The highest BCUT2D eigenvalue weighted by molar-refractivity contribution is 5.79. The van der Waals surface area contributed by atoms with Gasteiger partial charge in [-0.2, -0.15) is 0 Å². The van der Waals surface area contributed by atoms with Crippen LogP contribution in [0.25, 0.3) is 0 Å². The standard InChI is InChI=1S/C9H18N2/c1-2-9(10)11-7-3-4-8-5-6-8/h8H,2-7H2,1H3,(H2,10,11). The topological polar surface area (TPSA) is 38.4 Å². The molecule has 0 amide bonds. The third-order valence-corrected chi connectivity index (χ3v) is 2.14. The monoisotopic (exact) mass is 154 g/mol. The molecular weight excluding hydrogens is 136 g/mol. The number of nitrogens with two attached hydrogens (primary N) is 1. The Morgan fingerprint density at radius 1 is 1.55 bits per heavy atom. The van der Waals surface area contributed by atoms with Gasteiger partial charge in [-0.05, 0) is 18.8 Å². The first-order valence-corrected chi connectivity index (χ1v) is 4.61. The van der Waals surface area contributed by atoms with Crippen LogP contribution < -0.4 is 5.73 Å². The van der Waals surface area contributed by atoms with Gasteiger partial charge in [0.15, 0.2) is 0 Å². The van der Waals surface area contributed by atoms with Crippen LogP contribution >= 0.6 is 0 Å². The SMILES string of the molecule is CCC(N)=NCCCC1CC1. The summed E-state index contributed by atoms with van der Waals surface area (Å²) >= 11 is 0. The van der Waals surface area contributed by atoms with Crippen LogP contribution in [0.5, 0.6) is 0 Å². The maximum Gasteiger partial charge on any atom is 0.0934 e. The fourth-order valence-electron chi connectivity index (χ4n) is 1.12. The van der Waals surface area contributed by atoms with Crippen molar-refractivity contribution >= 4 is 5.84 Å². The average molecular weight is 154 g/mol. The van der Waals surface area contributed by atoms with Gasteiger partial charge in [-0.1, -0.05) is 19.8 Å². The Labute approximate surface area is 68.9 Å². The van der Waals surface area contributed by atoms with Gasteiger partial charge in [0, 0.05) is 13.0 Å². The van der Waals surface area contributed by atoms with E-state index in [-0.39, 0.29) is 0 Å². The molecule has 2 nitrogen and oxygen atoms in total. The molecule has 0 bridgehead atoms. The van der Waals surface area contributed by atoms with Crippen LogP contribution in [0, 0.1) is 5.92 Å². The zero-order chi connectivity index (χ0) is 8.10. The summed E-state index contributed by atoms with van der Waals surface area (Å²) in [6, 6.07) is 0. The molecule has 64 valence electrons. The van der Waals surface area contributed by atoms with Crippen LogP contribution in [0.4, 0.5) is 0 Å². The van der Waals surface area contributed by atoms with E-state index in [2.05, 4.69) is 4.99 Å². The molecule has 0 aromatic heterocycles. The van der Waals surface area contributed by atoms with Crippen LogP contribution in [-0.4, -0.2) is 12.4 Å². The lowest BCUT2D eigenvalue weighted by Gasteiger charge is -1.96. The first-order chi connectivity index (χ1) is 5.33. The third-order valence-electron chi connectivity index (χ3n) is 2.14. The minimum atomic E-state index is 0.806. The Hall–Kier alpha value is -0.530. The van der Waals surface area contributed by atoms with E-state index in [0.717, 1.165) is 24.7 Å². The lowest BCUT2D eigenvalue weighted by atomic mass is 10.2. The van der Waals surface area contributed by atoms with Gasteiger partial charge in [0.2, 0.25) is 0 Å². The molecule has 0 heterocycles. The number of hydrogen-bond donors (Lipinski definition) is 1. The van der Waals surface area contributed by atoms with E-state index in [9.17, 15) is 0 Å². The zero-order valence-corrected chi connectivity index (χ0v) is 7.34. The average Bonchev–Trinajstić information content (AvgIpc) is 2.81. The summed E-state index contributed by atoms with van der Waals surface area (Å²) in [6.07, 6.45) is 6.38. The molecule has 0 spiro atoms. The van der Waals surface area contributed by atoms with Crippen molar-refractivity contribution in [1.82, 2.24) is 0 Å². The van der Waals surface area contributed by atoms with Crippen molar-refractivity contribution in [2.24, 2.45) is 16.6 Å². The van der Waals surface area contributed by atoms with Crippen molar-refractivity contribution in [3.8, 4) is 0 Å². The summed E-state index contributed by atoms with van der Waals surface area (Å²) in [6.45, 7) is 2.98. The molecule has 2 heteroatoms. The van der Waals surface area contributed by atoms with Crippen LogP contribution in [0.3, 0.4) is 0 Å². The molecule has 2 N–H and O–H groups in total. The Balaban J connectivity index is 1.93. The highest BCUT2D eigenvalue weighted by Gasteiger charge is 2.19. The minimum Gasteiger partial charge on any atom is -0.387 e. The van der Waals surface area contributed by atoms with E-state index < -0.39 is 0 Å². The zero-order valence-electron chi connectivity index (χ0n) is 7.34. The second kappa shape index (κ2) is 4.37. The summed E-state index contributed by atoms with van der Waals surface area (Å²) in [5.41, 5.74) is 5.56. The molecule has 0 unspecified atom stereocenters. The van der Waals surface area contributed by atoms with E-state index in [0.29, 0.717) is 0 Å². The van der Waals surface area contributed by atoms with Crippen molar-refractivity contribution in [3.63, 3.8) is 0 Å². The lowest BCUT2D eigenvalue weighted by molar-refractivity contribution is 0.675.